The van der Waals surface area contributed by atoms with E-state index in [-0.39, 0.29) is 0 Å². The highest BCUT2D eigenvalue weighted by atomic mass is 16.8. The number of carbonyl (C=O) groups is 1. The SMILES string of the molecule is CC1(C)O[C@H]2O[C@H](C(=O)O)[C@@H](OCc3ccccc3)[C@H]2O1. The van der Waals surface area contributed by atoms with Crippen LogP contribution >= 0.6 is 0 Å². The van der Waals surface area contributed by atoms with Crippen molar-refractivity contribution in [3.8, 4) is 0 Å². The van der Waals surface area contributed by atoms with Crippen molar-refractivity contribution in [2.75, 3.05) is 0 Å². The lowest BCUT2D eigenvalue weighted by molar-refractivity contribution is -0.223. The van der Waals surface area contributed by atoms with Crippen LogP contribution in [-0.2, 0) is 30.3 Å². The van der Waals surface area contributed by atoms with E-state index in [1.807, 2.05) is 30.3 Å². The number of carboxylic acids is 1. The number of benzene rings is 1. The molecule has 1 aromatic rings. The predicted octanol–water partition coefficient (Wildman–Crippen LogP) is 1.53. The van der Waals surface area contributed by atoms with Gasteiger partial charge in [-0.25, -0.2) is 4.79 Å². The molecule has 2 aliphatic heterocycles. The first-order valence-corrected chi connectivity index (χ1v) is 6.86. The first-order chi connectivity index (χ1) is 9.96. The lowest BCUT2D eigenvalue weighted by atomic mass is 10.1. The number of hydrogen-bond acceptors (Lipinski definition) is 5. The van der Waals surface area contributed by atoms with E-state index in [2.05, 4.69) is 0 Å². The van der Waals surface area contributed by atoms with Crippen molar-refractivity contribution in [1.29, 1.82) is 0 Å². The van der Waals surface area contributed by atoms with Gasteiger partial charge >= 0.3 is 5.97 Å². The largest absolute Gasteiger partial charge is 0.479 e. The molecule has 1 N–H and O–H groups in total. The molecule has 0 radical (unpaired) electrons. The molecule has 114 valence electrons. The second-order valence-corrected chi connectivity index (χ2v) is 5.62. The highest BCUT2D eigenvalue weighted by molar-refractivity contribution is 5.73. The summed E-state index contributed by atoms with van der Waals surface area (Å²) >= 11 is 0. The van der Waals surface area contributed by atoms with Gasteiger partial charge in [-0.15, -0.1) is 0 Å². The van der Waals surface area contributed by atoms with Crippen LogP contribution in [-0.4, -0.2) is 41.5 Å². The monoisotopic (exact) mass is 294 g/mol. The van der Waals surface area contributed by atoms with Crippen LogP contribution in [0.1, 0.15) is 19.4 Å². The number of carboxylic acid groups (broad SMARTS) is 1. The summed E-state index contributed by atoms with van der Waals surface area (Å²) in [6.07, 6.45) is -3.03. The molecule has 0 amide bonds. The topological polar surface area (TPSA) is 74.2 Å². The molecule has 0 aromatic heterocycles. The van der Waals surface area contributed by atoms with Crippen LogP contribution in [0.15, 0.2) is 30.3 Å². The second kappa shape index (κ2) is 5.38. The summed E-state index contributed by atoms with van der Waals surface area (Å²) < 4.78 is 22.4. The maximum absolute atomic E-state index is 11.3. The quantitative estimate of drug-likeness (QED) is 0.908. The van der Waals surface area contributed by atoms with Crippen LogP contribution in [0.4, 0.5) is 0 Å². The van der Waals surface area contributed by atoms with Gasteiger partial charge in [-0.2, -0.15) is 0 Å². The maximum atomic E-state index is 11.3. The smallest absolute Gasteiger partial charge is 0.335 e. The molecule has 2 aliphatic rings. The number of hydrogen-bond donors (Lipinski definition) is 1. The van der Waals surface area contributed by atoms with Gasteiger partial charge in [0.1, 0.15) is 12.2 Å². The number of fused-ring (bicyclic) bond motifs is 1. The van der Waals surface area contributed by atoms with E-state index in [1.165, 1.54) is 0 Å². The summed E-state index contributed by atoms with van der Waals surface area (Å²) in [6, 6.07) is 9.55. The van der Waals surface area contributed by atoms with E-state index in [1.54, 1.807) is 13.8 Å². The van der Waals surface area contributed by atoms with Gasteiger partial charge in [0, 0.05) is 0 Å². The molecule has 4 atom stereocenters. The standard InChI is InChI=1S/C15H18O6/c1-15(2)20-12-10(11(13(16)17)19-14(12)21-15)18-8-9-6-4-3-5-7-9/h3-7,10-12,14H,8H2,1-2H3,(H,16,17)/t10-,11+,12-,14-/m1/s1. The third-order valence-corrected chi connectivity index (χ3v) is 3.52. The lowest BCUT2D eigenvalue weighted by Crippen LogP contribution is -2.40. The molecule has 2 saturated heterocycles. The van der Waals surface area contributed by atoms with Gasteiger partial charge in [-0.1, -0.05) is 30.3 Å². The second-order valence-electron chi connectivity index (χ2n) is 5.62. The third kappa shape index (κ3) is 2.94. The first kappa shape index (κ1) is 14.5. The predicted molar refractivity (Wildman–Crippen MR) is 71.4 cm³/mol. The zero-order valence-corrected chi connectivity index (χ0v) is 11.9. The van der Waals surface area contributed by atoms with Crippen molar-refractivity contribution in [1.82, 2.24) is 0 Å². The minimum Gasteiger partial charge on any atom is -0.479 e. The normalized spacial score (nSPS) is 33.8. The number of rotatable bonds is 4. The van der Waals surface area contributed by atoms with Crippen LogP contribution in [0, 0.1) is 0 Å². The maximum Gasteiger partial charge on any atom is 0.335 e. The van der Waals surface area contributed by atoms with E-state index in [0.29, 0.717) is 6.61 Å². The van der Waals surface area contributed by atoms with Gasteiger partial charge in [0.05, 0.1) is 6.61 Å². The Kier molecular flexibility index (Phi) is 3.71. The molecule has 2 fully saturated rings. The van der Waals surface area contributed by atoms with Crippen molar-refractivity contribution >= 4 is 5.97 Å². The van der Waals surface area contributed by atoms with Crippen LogP contribution in [0.3, 0.4) is 0 Å². The van der Waals surface area contributed by atoms with Crippen LogP contribution in [0.25, 0.3) is 0 Å². The summed E-state index contributed by atoms with van der Waals surface area (Å²) in [5.41, 5.74) is 0.961. The fourth-order valence-electron chi connectivity index (χ4n) is 2.63. The zero-order chi connectivity index (χ0) is 15.0. The molecule has 21 heavy (non-hydrogen) atoms. The molecule has 1 aromatic carbocycles. The average Bonchev–Trinajstić information content (AvgIpc) is 2.90. The molecule has 0 unspecified atom stereocenters. The van der Waals surface area contributed by atoms with Crippen molar-refractivity contribution in [2.45, 2.75) is 50.8 Å². The molecular weight excluding hydrogens is 276 g/mol. The van der Waals surface area contributed by atoms with E-state index in [0.717, 1.165) is 5.56 Å². The molecule has 6 heteroatoms. The molecule has 3 rings (SSSR count). The Bertz CT molecular complexity index is 514. The van der Waals surface area contributed by atoms with E-state index in [9.17, 15) is 9.90 Å². The van der Waals surface area contributed by atoms with Crippen molar-refractivity contribution in [3.63, 3.8) is 0 Å². The summed E-state index contributed by atoms with van der Waals surface area (Å²) in [5, 5.41) is 9.25. The van der Waals surface area contributed by atoms with Crippen molar-refractivity contribution in [2.24, 2.45) is 0 Å². The minimum absolute atomic E-state index is 0.297. The Morgan fingerprint density at radius 1 is 1.29 bits per heavy atom. The Labute approximate surface area is 122 Å². The summed E-state index contributed by atoms with van der Waals surface area (Å²) in [7, 11) is 0. The van der Waals surface area contributed by atoms with Crippen molar-refractivity contribution < 1.29 is 28.8 Å². The third-order valence-electron chi connectivity index (χ3n) is 3.52. The van der Waals surface area contributed by atoms with Gasteiger partial charge in [-0.3, -0.25) is 0 Å². The summed E-state index contributed by atoms with van der Waals surface area (Å²) in [5.74, 6) is -1.87. The van der Waals surface area contributed by atoms with Gasteiger partial charge in [0.25, 0.3) is 0 Å². The summed E-state index contributed by atoms with van der Waals surface area (Å²) in [6.45, 7) is 3.82. The van der Waals surface area contributed by atoms with E-state index >= 15 is 0 Å². The molecule has 2 heterocycles. The highest BCUT2D eigenvalue weighted by Gasteiger charge is 2.57. The average molecular weight is 294 g/mol. The molecule has 0 aliphatic carbocycles. The van der Waals surface area contributed by atoms with Crippen LogP contribution < -0.4 is 0 Å². The fourth-order valence-corrected chi connectivity index (χ4v) is 2.63. The van der Waals surface area contributed by atoms with Gasteiger partial charge in [0.2, 0.25) is 0 Å². The number of aliphatic carboxylic acids is 1. The van der Waals surface area contributed by atoms with Gasteiger partial charge < -0.3 is 24.1 Å². The van der Waals surface area contributed by atoms with Crippen molar-refractivity contribution in [3.05, 3.63) is 35.9 Å². The first-order valence-electron chi connectivity index (χ1n) is 6.86. The lowest BCUT2D eigenvalue weighted by Gasteiger charge is -2.24. The van der Waals surface area contributed by atoms with Gasteiger partial charge in [-0.05, 0) is 19.4 Å². The fraction of sp³-hybridized carbons (Fsp3) is 0.533. The number of ether oxygens (including phenoxy) is 4. The Balaban J connectivity index is 1.72. The summed E-state index contributed by atoms with van der Waals surface area (Å²) in [4.78, 5) is 11.3. The van der Waals surface area contributed by atoms with Gasteiger partial charge in [0.15, 0.2) is 18.2 Å². The molecule has 6 nitrogen and oxygen atoms in total. The van der Waals surface area contributed by atoms with Crippen LogP contribution in [0.2, 0.25) is 0 Å². The molecule has 0 bridgehead atoms. The Morgan fingerprint density at radius 3 is 2.67 bits per heavy atom. The van der Waals surface area contributed by atoms with E-state index in [4.69, 9.17) is 18.9 Å². The highest BCUT2D eigenvalue weighted by Crippen LogP contribution is 2.39. The van der Waals surface area contributed by atoms with Crippen LogP contribution in [0.5, 0.6) is 0 Å². The Morgan fingerprint density at radius 2 is 2.00 bits per heavy atom. The molecular formula is C15H18O6. The van der Waals surface area contributed by atoms with E-state index < -0.39 is 36.4 Å². The Hall–Kier alpha value is -1.47. The zero-order valence-electron chi connectivity index (χ0n) is 11.9. The molecule has 0 spiro atoms. The minimum atomic E-state index is -1.08. The molecule has 0 saturated carbocycles.